The number of pyridine rings is 1. The second-order valence-corrected chi connectivity index (χ2v) is 6.77. The first-order chi connectivity index (χ1) is 9.28. The highest BCUT2D eigenvalue weighted by Gasteiger charge is 2.52. The van der Waals surface area contributed by atoms with E-state index in [-0.39, 0.29) is 11.2 Å². The molecule has 1 aliphatic heterocycles. The van der Waals surface area contributed by atoms with Gasteiger partial charge in [0.05, 0.1) is 17.3 Å². The van der Waals surface area contributed by atoms with Gasteiger partial charge in [-0.15, -0.1) is 0 Å². The van der Waals surface area contributed by atoms with E-state index < -0.39 is 7.12 Å². The van der Waals surface area contributed by atoms with Gasteiger partial charge in [-0.3, -0.25) is 4.98 Å². The lowest BCUT2D eigenvalue weighted by molar-refractivity contribution is 0.00578. The fourth-order valence-corrected chi connectivity index (χ4v) is 2.16. The Morgan fingerprint density at radius 1 is 1.20 bits per heavy atom. The molecule has 1 saturated carbocycles. The van der Waals surface area contributed by atoms with E-state index in [1.807, 2.05) is 19.2 Å². The first-order valence-electron chi connectivity index (χ1n) is 7.27. The van der Waals surface area contributed by atoms with Crippen LogP contribution in [0.2, 0.25) is 0 Å². The van der Waals surface area contributed by atoms with Crippen LogP contribution in [-0.4, -0.2) is 29.4 Å². The minimum absolute atomic E-state index is 0.345. The number of aryl methyl sites for hydroxylation is 1. The number of aromatic nitrogens is 1. The van der Waals surface area contributed by atoms with Crippen molar-refractivity contribution in [1.29, 1.82) is 0 Å². The van der Waals surface area contributed by atoms with Crippen molar-refractivity contribution in [3.8, 4) is 5.75 Å². The van der Waals surface area contributed by atoms with Crippen molar-refractivity contribution in [3.63, 3.8) is 0 Å². The first-order valence-corrected chi connectivity index (χ1v) is 7.27. The van der Waals surface area contributed by atoms with Crippen LogP contribution in [0.25, 0.3) is 0 Å². The summed E-state index contributed by atoms with van der Waals surface area (Å²) in [6, 6.07) is 1.97. The SMILES string of the molecule is Cc1cc(OC2CC2)c(B2OC(C)(C)C(C)(C)O2)cn1. The van der Waals surface area contributed by atoms with Gasteiger partial charge in [-0.05, 0) is 47.5 Å². The van der Waals surface area contributed by atoms with Crippen molar-refractivity contribution in [1.82, 2.24) is 4.98 Å². The summed E-state index contributed by atoms with van der Waals surface area (Å²) in [5.74, 6) is 0.846. The molecule has 3 rings (SSSR count). The number of hydrogen-bond donors (Lipinski definition) is 0. The lowest BCUT2D eigenvalue weighted by Crippen LogP contribution is -2.41. The van der Waals surface area contributed by atoms with E-state index in [1.54, 1.807) is 0 Å². The third kappa shape index (κ3) is 2.45. The molecular weight excluding hydrogens is 253 g/mol. The van der Waals surface area contributed by atoms with Gasteiger partial charge in [0.15, 0.2) is 0 Å². The van der Waals surface area contributed by atoms with Gasteiger partial charge in [0.2, 0.25) is 0 Å². The van der Waals surface area contributed by atoms with Crippen molar-refractivity contribution < 1.29 is 14.0 Å². The van der Waals surface area contributed by atoms with E-state index in [4.69, 9.17) is 14.0 Å². The van der Waals surface area contributed by atoms with Crippen molar-refractivity contribution >= 4 is 12.6 Å². The summed E-state index contributed by atoms with van der Waals surface area (Å²) in [4.78, 5) is 4.37. The molecule has 1 aromatic heterocycles. The summed E-state index contributed by atoms with van der Waals surface area (Å²) in [7, 11) is -0.415. The van der Waals surface area contributed by atoms with Gasteiger partial charge in [0, 0.05) is 23.4 Å². The Kier molecular flexibility index (Phi) is 3.10. The molecule has 0 unspecified atom stereocenters. The van der Waals surface area contributed by atoms with Crippen LogP contribution < -0.4 is 10.2 Å². The Hall–Kier alpha value is -1.07. The van der Waals surface area contributed by atoms with Gasteiger partial charge in [0.1, 0.15) is 5.75 Å². The number of rotatable bonds is 3. The van der Waals surface area contributed by atoms with E-state index in [2.05, 4.69) is 32.7 Å². The Morgan fingerprint density at radius 2 is 1.80 bits per heavy atom. The van der Waals surface area contributed by atoms with E-state index in [1.165, 1.54) is 0 Å². The van der Waals surface area contributed by atoms with Gasteiger partial charge in [-0.2, -0.15) is 0 Å². The lowest BCUT2D eigenvalue weighted by atomic mass is 9.79. The van der Waals surface area contributed by atoms with Crippen molar-refractivity contribution in [2.24, 2.45) is 0 Å². The highest BCUT2D eigenvalue weighted by atomic mass is 16.7. The van der Waals surface area contributed by atoms with Crippen LogP contribution in [0.3, 0.4) is 0 Å². The maximum atomic E-state index is 6.09. The third-order valence-electron chi connectivity index (χ3n) is 4.36. The quantitative estimate of drug-likeness (QED) is 0.793. The number of nitrogens with zero attached hydrogens (tertiary/aromatic N) is 1. The van der Waals surface area contributed by atoms with E-state index in [0.29, 0.717) is 6.10 Å². The second-order valence-electron chi connectivity index (χ2n) is 6.77. The highest BCUT2D eigenvalue weighted by molar-refractivity contribution is 6.63. The third-order valence-corrected chi connectivity index (χ3v) is 4.36. The molecule has 0 radical (unpaired) electrons. The molecule has 1 aliphatic carbocycles. The average molecular weight is 275 g/mol. The topological polar surface area (TPSA) is 40.6 Å². The van der Waals surface area contributed by atoms with Crippen LogP contribution in [0.1, 0.15) is 46.2 Å². The molecular formula is C15H22BNO3. The molecule has 4 nitrogen and oxygen atoms in total. The Labute approximate surface area is 121 Å². The molecule has 2 heterocycles. The van der Waals surface area contributed by atoms with Crippen LogP contribution in [-0.2, 0) is 9.31 Å². The standard InChI is InChI=1S/C15H22BNO3/c1-10-8-13(18-11-6-7-11)12(9-17-10)16-19-14(2,3)15(4,5)20-16/h8-9,11H,6-7H2,1-5H3. The average Bonchev–Trinajstić information content (AvgIpc) is 3.07. The van der Waals surface area contributed by atoms with Gasteiger partial charge in [-0.25, -0.2) is 0 Å². The van der Waals surface area contributed by atoms with Crippen molar-refractivity contribution in [2.45, 2.75) is 64.8 Å². The summed E-state index contributed by atoms with van der Waals surface area (Å²) < 4.78 is 18.2. The predicted octanol–water partition coefficient (Wildman–Crippen LogP) is 2.23. The van der Waals surface area contributed by atoms with Gasteiger partial charge in [0.25, 0.3) is 0 Å². The van der Waals surface area contributed by atoms with Gasteiger partial charge < -0.3 is 14.0 Å². The molecule has 2 fully saturated rings. The summed E-state index contributed by atoms with van der Waals surface area (Å²) >= 11 is 0. The molecule has 2 aliphatic rings. The normalized spacial score (nSPS) is 23.9. The summed E-state index contributed by atoms with van der Waals surface area (Å²) in [6.45, 7) is 10.2. The second kappa shape index (κ2) is 4.47. The monoisotopic (exact) mass is 275 g/mol. The molecule has 5 heteroatoms. The van der Waals surface area contributed by atoms with E-state index >= 15 is 0 Å². The highest BCUT2D eigenvalue weighted by Crippen LogP contribution is 2.37. The Balaban J connectivity index is 1.90. The molecule has 0 aromatic carbocycles. The molecule has 0 N–H and O–H groups in total. The number of hydrogen-bond acceptors (Lipinski definition) is 4. The molecule has 0 spiro atoms. The Bertz CT molecular complexity index is 510. The minimum Gasteiger partial charge on any atom is -0.491 e. The maximum Gasteiger partial charge on any atom is 0.500 e. The van der Waals surface area contributed by atoms with Crippen LogP contribution >= 0.6 is 0 Å². The zero-order valence-electron chi connectivity index (χ0n) is 12.9. The zero-order valence-corrected chi connectivity index (χ0v) is 12.9. The molecule has 20 heavy (non-hydrogen) atoms. The van der Waals surface area contributed by atoms with Gasteiger partial charge in [-0.1, -0.05) is 0 Å². The fraction of sp³-hybridized carbons (Fsp3) is 0.667. The van der Waals surface area contributed by atoms with Crippen LogP contribution in [0, 0.1) is 6.92 Å². The van der Waals surface area contributed by atoms with Gasteiger partial charge >= 0.3 is 7.12 Å². The zero-order chi connectivity index (χ0) is 14.5. The maximum absolute atomic E-state index is 6.09. The summed E-state index contributed by atoms with van der Waals surface area (Å²) in [5, 5.41) is 0. The molecule has 0 atom stereocenters. The fourth-order valence-electron chi connectivity index (χ4n) is 2.16. The Morgan fingerprint density at radius 3 is 2.35 bits per heavy atom. The van der Waals surface area contributed by atoms with E-state index in [9.17, 15) is 0 Å². The summed E-state index contributed by atoms with van der Waals surface area (Å²) in [6.07, 6.45) is 4.42. The van der Waals surface area contributed by atoms with Crippen LogP contribution in [0.15, 0.2) is 12.3 Å². The van der Waals surface area contributed by atoms with Crippen LogP contribution in [0.4, 0.5) is 0 Å². The predicted molar refractivity (Wildman–Crippen MR) is 78.3 cm³/mol. The lowest BCUT2D eigenvalue weighted by Gasteiger charge is -2.32. The molecule has 1 aromatic rings. The largest absolute Gasteiger partial charge is 0.500 e. The molecule has 0 amide bonds. The molecule has 108 valence electrons. The number of ether oxygens (including phenoxy) is 1. The van der Waals surface area contributed by atoms with Crippen LogP contribution in [0.5, 0.6) is 5.75 Å². The van der Waals surface area contributed by atoms with Crippen molar-refractivity contribution in [2.75, 3.05) is 0 Å². The van der Waals surface area contributed by atoms with E-state index in [0.717, 1.165) is 29.7 Å². The first kappa shape index (κ1) is 13.9. The molecule has 0 bridgehead atoms. The smallest absolute Gasteiger partial charge is 0.491 e. The van der Waals surface area contributed by atoms with Crippen molar-refractivity contribution in [3.05, 3.63) is 18.0 Å². The minimum atomic E-state index is -0.415. The summed E-state index contributed by atoms with van der Waals surface area (Å²) in [5.41, 5.74) is 1.14. The molecule has 1 saturated heterocycles.